The Morgan fingerprint density at radius 3 is 2.68 bits per heavy atom. The maximum atomic E-state index is 10.8. The van der Waals surface area contributed by atoms with Gasteiger partial charge >= 0.3 is 5.97 Å². The Kier molecular flexibility index (Phi) is 5.63. The fourth-order valence-electron chi connectivity index (χ4n) is 1.67. The molecule has 0 saturated heterocycles. The minimum absolute atomic E-state index is 0.211. The lowest BCUT2D eigenvalue weighted by Gasteiger charge is -2.21. The number of carboxylic acid groups (broad SMARTS) is 1. The van der Waals surface area contributed by atoms with Crippen molar-refractivity contribution in [1.82, 2.24) is 4.90 Å². The predicted molar refractivity (Wildman–Crippen MR) is 78.7 cm³/mol. The van der Waals surface area contributed by atoms with Gasteiger partial charge in [0.1, 0.15) is 0 Å². The lowest BCUT2D eigenvalue weighted by Crippen LogP contribution is -2.28. The lowest BCUT2D eigenvalue weighted by molar-refractivity contribution is 0.0697. The number of aromatic carboxylic acids is 1. The Balaban J connectivity index is 2.44. The number of carbonyl (C=O) groups is 1. The molecule has 0 aromatic heterocycles. The monoisotopic (exact) mass is 265 g/mol. The number of carboxylic acids is 1. The van der Waals surface area contributed by atoms with Crippen LogP contribution in [0.5, 0.6) is 0 Å². The van der Waals surface area contributed by atoms with E-state index in [2.05, 4.69) is 31.1 Å². The minimum atomic E-state index is -0.961. The smallest absolute Gasteiger partial charge is 0.335 e. The van der Waals surface area contributed by atoms with Crippen molar-refractivity contribution in [3.05, 3.63) is 23.8 Å². The standard InChI is InChI=1S/C14H23N3O2/c1-10(2)17(3)8-4-7-16-13-6-5-11(14(18)19)9-12(13)15/h5-6,9-10,16H,4,7-8,15H2,1-3H3,(H,18,19). The maximum Gasteiger partial charge on any atom is 0.335 e. The highest BCUT2D eigenvalue weighted by Gasteiger charge is 2.06. The summed E-state index contributed by atoms with van der Waals surface area (Å²) in [5.41, 5.74) is 7.28. The minimum Gasteiger partial charge on any atom is -0.478 e. The van der Waals surface area contributed by atoms with E-state index in [1.165, 1.54) is 6.07 Å². The molecule has 0 bridgehead atoms. The van der Waals surface area contributed by atoms with Crippen LogP contribution >= 0.6 is 0 Å². The van der Waals surface area contributed by atoms with Crippen LogP contribution in [0.2, 0.25) is 0 Å². The molecule has 0 heterocycles. The van der Waals surface area contributed by atoms with Gasteiger partial charge in [0.05, 0.1) is 16.9 Å². The van der Waals surface area contributed by atoms with Crippen LogP contribution in [-0.4, -0.2) is 42.2 Å². The van der Waals surface area contributed by atoms with Crippen molar-refractivity contribution in [2.24, 2.45) is 0 Å². The first-order valence-corrected chi connectivity index (χ1v) is 6.48. The highest BCUT2D eigenvalue weighted by atomic mass is 16.4. The second-order valence-corrected chi connectivity index (χ2v) is 4.96. The lowest BCUT2D eigenvalue weighted by atomic mass is 10.1. The summed E-state index contributed by atoms with van der Waals surface area (Å²) in [5, 5.41) is 12.1. The first-order chi connectivity index (χ1) is 8.91. The van der Waals surface area contributed by atoms with Crippen molar-refractivity contribution < 1.29 is 9.90 Å². The molecule has 5 nitrogen and oxygen atoms in total. The predicted octanol–water partition coefficient (Wildman–Crippen LogP) is 2.11. The van der Waals surface area contributed by atoms with Crippen LogP contribution < -0.4 is 11.1 Å². The summed E-state index contributed by atoms with van der Waals surface area (Å²) >= 11 is 0. The maximum absolute atomic E-state index is 10.8. The number of hydrogen-bond donors (Lipinski definition) is 3. The molecule has 0 unspecified atom stereocenters. The molecular formula is C14H23N3O2. The Morgan fingerprint density at radius 2 is 2.16 bits per heavy atom. The molecule has 5 heteroatoms. The fourth-order valence-corrected chi connectivity index (χ4v) is 1.67. The van der Waals surface area contributed by atoms with Crippen LogP contribution in [0, 0.1) is 0 Å². The molecule has 0 spiro atoms. The second-order valence-electron chi connectivity index (χ2n) is 4.96. The van der Waals surface area contributed by atoms with Crippen molar-refractivity contribution in [2.75, 3.05) is 31.2 Å². The van der Waals surface area contributed by atoms with Gasteiger partial charge < -0.3 is 21.1 Å². The molecule has 0 aliphatic rings. The fraction of sp³-hybridized carbons (Fsp3) is 0.500. The summed E-state index contributed by atoms with van der Waals surface area (Å²) in [7, 11) is 2.10. The normalized spacial score (nSPS) is 11.0. The summed E-state index contributed by atoms with van der Waals surface area (Å²) in [6, 6.07) is 5.29. The largest absolute Gasteiger partial charge is 0.478 e. The summed E-state index contributed by atoms with van der Waals surface area (Å²) < 4.78 is 0. The second kappa shape index (κ2) is 6.99. The van der Waals surface area contributed by atoms with Gasteiger partial charge in [0.25, 0.3) is 0 Å². The van der Waals surface area contributed by atoms with Crippen LogP contribution in [0.15, 0.2) is 18.2 Å². The van der Waals surface area contributed by atoms with Crippen molar-refractivity contribution in [3.8, 4) is 0 Å². The third kappa shape index (κ3) is 4.79. The topological polar surface area (TPSA) is 78.6 Å². The quantitative estimate of drug-likeness (QED) is 0.520. The molecule has 4 N–H and O–H groups in total. The van der Waals surface area contributed by atoms with E-state index in [1.54, 1.807) is 12.1 Å². The van der Waals surface area contributed by atoms with Gasteiger partial charge in [-0.2, -0.15) is 0 Å². The zero-order valence-corrected chi connectivity index (χ0v) is 11.8. The summed E-state index contributed by atoms with van der Waals surface area (Å²) in [6.45, 7) is 6.15. The van der Waals surface area contributed by atoms with Gasteiger partial charge in [-0.1, -0.05) is 0 Å². The molecule has 1 aromatic rings. The molecule has 19 heavy (non-hydrogen) atoms. The van der Waals surface area contributed by atoms with E-state index in [0.29, 0.717) is 11.7 Å². The number of anilines is 2. The average molecular weight is 265 g/mol. The van der Waals surface area contributed by atoms with E-state index in [0.717, 1.165) is 25.2 Å². The van der Waals surface area contributed by atoms with E-state index in [-0.39, 0.29) is 5.56 Å². The Hall–Kier alpha value is -1.75. The first-order valence-electron chi connectivity index (χ1n) is 6.48. The average Bonchev–Trinajstić information content (AvgIpc) is 2.35. The van der Waals surface area contributed by atoms with Gasteiger partial charge in [0.2, 0.25) is 0 Å². The van der Waals surface area contributed by atoms with Gasteiger partial charge in [0.15, 0.2) is 0 Å². The number of nitrogen functional groups attached to an aromatic ring is 1. The third-order valence-electron chi connectivity index (χ3n) is 3.18. The van der Waals surface area contributed by atoms with E-state index in [9.17, 15) is 4.79 Å². The van der Waals surface area contributed by atoms with Crippen molar-refractivity contribution in [2.45, 2.75) is 26.3 Å². The molecule has 0 radical (unpaired) electrons. The summed E-state index contributed by atoms with van der Waals surface area (Å²) in [4.78, 5) is 13.1. The molecule has 0 atom stereocenters. The summed E-state index contributed by atoms with van der Waals surface area (Å²) in [6.07, 6.45) is 1.01. The van der Waals surface area contributed by atoms with Crippen LogP contribution in [0.4, 0.5) is 11.4 Å². The SMILES string of the molecule is CC(C)N(C)CCCNc1ccc(C(=O)O)cc1N. The number of benzene rings is 1. The third-order valence-corrected chi connectivity index (χ3v) is 3.18. The molecule has 0 fully saturated rings. The highest BCUT2D eigenvalue weighted by molar-refractivity contribution is 5.90. The number of nitrogens with zero attached hydrogens (tertiary/aromatic N) is 1. The molecule has 1 aromatic carbocycles. The number of hydrogen-bond acceptors (Lipinski definition) is 4. The molecule has 0 aliphatic heterocycles. The Bertz CT molecular complexity index is 433. The van der Waals surface area contributed by atoms with Crippen LogP contribution in [0.25, 0.3) is 0 Å². The van der Waals surface area contributed by atoms with E-state index >= 15 is 0 Å². The zero-order chi connectivity index (χ0) is 14.4. The molecule has 0 amide bonds. The van der Waals surface area contributed by atoms with Gasteiger partial charge in [-0.05, 0) is 52.1 Å². The number of nitrogens with two attached hydrogens (primary N) is 1. The van der Waals surface area contributed by atoms with Crippen LogP contribution in [-0.2, 0) is 0 Å². The van der Waals surface area contributed by atoms with Crippen LogP contribution in [0.1, 0.15) is 30.6 Å². The van der Waals surface area contributed by atoms with Crippen molar-refractivity contribution in [3.63, 3.8) is 0 Å². The van der Waals surface area contributed by atoms with Crippen molar-refractivity contribution in [1.29, 1.82) is 0 Å². The Labute approximate surface area is 114 Å². The molecular weight excluding hydrogens is 242 g/mol. The van der Waals surface area contributed by atoms with E-state index in [1.807, 2.05) is 0 Å². The zero-order valence-electron chi connectivity index (χ0n) is 11.8. The molecule has 0 saturated carbocycles. The molecule has 1 rings (SSSR count). The van der Waals surface area contributed by atoms with E-state index < -0.39 is 5.97 Å². The van der Waals surface area contributed by atoms with Gasteiger partial charge in [-0.15, -0.1) is 0 Å². The highest BCUT2D eigenvalue weighted by Crippen LogP contribution is 2.19. The van der Waals surface area contributed by atoms with Gasteiger partial charge in [0, 0.05) is 12.6 Å². The molecule has 106 valence electrons. The number of nitrogens with one attached hydrogen (secondary N) is 1. The number of rotatable bonds is 7. The van der Waals surface area contributed by atoms with E-state index in [4.69, 9.17) is 10.8 Å². The van der Waals surface area contributed by atoms with Crippen LogP contribution in [0.3, 0.4) is 0 Å². The van der Waals surface area contributed by atoms with Gasteiger partial charge in [-0.3, -0.25) is 0 Å². The van der Waals surface area contributed by atoms with Crippen molar-refractivity contribution >= 4 is 17.3 Å². The van der Waals surface area contributed by atoms with Gasteiger partial charge in [-0.25, -0.2) is 4.79 Å². The first kappa shape index (κ1) is 15.3. The molecule has 0 aliphatic carbocycles. The Morgan fingerprint density at radius 1 is 1.47 bits per heavy atom. The summed E-state index contributed by atoms with van der Waals surface area (Å²) in [5.74, 6) is -0.961.